The largest absolute Gasteiger partial charge is 0.291 e. The lowest BCUT2D eigenvalue weighted by atomic mass is 9.85. The fourth-order valence-corrected chi connectivity index (χ4v) is 4.59. The standard InChI is InChI=1S/C28H23OS/c29-20-8-10-22-9-7-15-27(21-22)30-26-18-16-25(17-19-26)28(23-11-3-1-4-12-23)24-13-5-2-6-14-24/h1-7,9,11-19,21,28H,8,10H2. The molecule has 0 unspecified atom stereocenters. The topological polar surface area (TPSA) is 17.1 Å². The molecule has 4 aromatic rings. The van der Waals surface area contributed by atoms with Gasteiger partial charge in [-0.05, 0) is 52.9 Å². The van der Waals surface area contributed by atoms with Crippen molar-refractivity contribution in [3.63, 3.8) is 0 Å². The van der Waals surface area contributed by atoms with Gasteiger partial charge in [-0.2, -0.15) is 0 Å². The van der Waals surface area contributed by atoms with Gasteiger partial charge in [0.1, 0.15) is 0 Å². The molecule has 0 atom stereocenters. The van der Waals surface area contributed by atoms with Gasteiger partial charge in [0, 0.05) is 22.1 Å². The van der Waals surface area contributed by atoms with Gasteiger partial charge in [-0.25, -0.2) is 0 Å². The third-order valence-corrected chi connectivity index (χ3v) is 6.13. The number of benzene rings is 4. The van der Waals surface area contributed by atoms with Crippen LogP contribution < -0.4 is 0 Å². The van der Waals surface area contributed by atoms with E-state index in [2.05, 4.69) is 109 Å². The fourth-order valence-electron chi connectivity index (χ4n) is 3.69. The van der Waals surface area contributed by atoms with Gasteiger partial charge in [0.2, 0.25) is 0 Å². The molecule has 0 saturated heterocycles. The van der Waals surface area contributed by atoms with Crippen molar-refractivity contribution in [2.24, 2.45) is 0 Å². The van der Waals surface area contributed by atoms with Crippen molar-refractivity contribution >= 4 is 18.0 Å². The lowest BCUT2D eigenvalue weighted by Gasteiger charge is -2.19. The predicted molar refractivity (Wildman–Crippen MR) is 125 cm³/mol. The molecule has 0 saturated carbocycles. The monoisotopic (exact) mass is 407 g/mol. The molecule has 147 valence electrons. The Morgan fingerprint density at radius 3 is 1.83 bits per heavy atom. The zero-order valence-electron chi connectivity index (χ0n) is 16.7. The molecule has 0 heterocycles. The molecule has 4 rings (SSSR count). The minimum absolute atomic E-state index is 0.217. The summed E-state index contributed by atoms with van der Waals surface area (Å²) in [6, 6.07) is 38.6. The highest BCUT2D eigenvalue weighted by atomic mass is 32.2. The van der Waals surface area contributed by atoms with E-state index in [0.29, 0.717) is 6.42 Å². The zero-order valence-corrected chi connectivity index (χ0v) is 17.5. The van der Waals surface area contributed by atoms with E-state index in [1.807, 2.05) is 6.29 Å². The van der Waals surface area contributed by atoms with Crippen LogP contribution in [-0.4, -0.2) is 6.29 Å². The average molecular weight is 408 g/mol. The third kappa shape index (κ3) is 5.08. The Balaban J connectivity index is 1.58. The first-order chi connectivity index (χ1) is 14.8. The highest BCUT2D eigenvalue weighted by Gasteiger charge is 2.16. The van der Waals surface area contributed by atoms with Crippen LogP contribution in [0, 0.1) is 0 Å². The molecular weight excluding hydrogens is 384 g/mol. The quantitative estimate of drug-likeness (QED) is 0.291. The first-order valence-electron chi connectivity index (χ1n) is 10.1. The molecule has 0 amide bonds. The van der Waals surface area contributed by atoms with Crippen molar-refractivity contribution in [1.29, 1.82) is 0 Å². The second-order valence-electron chi connectivity index (χ2n) is 7.22. The van der Waals surface area contributed by atoms with Crippen LogP contribution in [0.25, 0.3) is 0 Å². The van der Waals surface area contributed by atoms with Gasteiger partial charge in [-0.3, -0.25) is 4.79 Å². The molecule has 0 aliphatic heterocycles. The molecule has 0 aliphatic rings. The Labute approximate surface area is 182 Å². The maximum Gasteiger partial charge on any atom is 0.198 e. The molecule has 1 nitrogen and oxygen atoms in total. The molecule has 0 fully saturated rings. The van der Waals surface area contributed by atoms with Crippen LogP contribution in [0.4, 0.5) is 0 Å². The summed E-state index contributed by atoms with van der Waals surface area (Å²) in [5.41, 5.74) is 5.05. The van der Waals surface area contributed by atoms with E-state index in [4.69, 9.17) is 0 Å². The van der Waals surface area contributed by atoms with E-state index in [1.54, 1.807) is 11.8 Å². The summed E-state index contributed by atoms with van der Waals surface area (Å²) in [5, 5.41) is 0. The first kappa shape index (κ1) is 20.2. The number of hydrogen-bond donors (Lipinski definition) is 0. The minimum atomic E-state index is 0.217. The minimum Gasteiger partial charge on any atom is -0.291 e. The van der Waals surface area contributed by atoms with E-state index < -0.39 is 0 Å². The van der Waals surface area contributed by atoms with Crippen LogP contribution in [0.2, 0.25) is 0 Å². The van der Waals surface area contributed by atoms with Gasteiger partial charge in [0.05, 0.1) is 0 Å². The molecule has 0 aliphatic carbocycles. The van der Waals surface area contributed by atoms with Crippen LogP contribution in [0.5, 0.6) is 0 Å². The summed E-state index contributed by atoms with van der Waals surface area (Å²) >= 11 is 1.75. The van der Waals surface area contributed by atoms with E-state index in [9.17, 15) is 4.79 Å². The zero-order chi connectivity index (χ0) is 20.6. The van der Waals surface area contributed by atoms with Crippen LogP contribution in [0.1, 0.15) is 34.6 Å². The van der Waals surface area contributed by atoms with Crippen molar-refractivity contribution in [3.05, 3.63) is 131 Å². The SMILES string of the molecule is O=[C]CCc1cccc(Sc2ccc(C(c3ccccc3)c3ccccc3)cc2)c1. The van der Waals surface area contributed by atoms with E-state index in [-0.39, 0.29) is 5.92 Å². The van der Waals surface area contributed by atoms with Gasteiger partial charge >= 0.3 is 0 Å². The summed E-state index contributed by atoms with van der Waals surface area (Å²) in [4.78, 5) is 12.9. The van der Waals surface area contributed by atoms with Crippen molar-refractivity contribution in [2.75, 3.05) is 0 Å². The molecule has 2 heteroatoms. The van der Waals surface area contributed by atoms with Crippen LogP contribution >= 0.6 is 11.8 Å². The highest BCUT2D eigenvalue weighted by Crippen LogP contribution is 2.34. The Morgan fingerprint density at radius 1 is 0.633 bits per heavy atom. The Kier molecular flexibility index (Phi) is 6.79. The van der Waals surface area contributed by atoms with Crippen molar-refractivity contribution in [2.45, 2.75) is 28.6 Å². The normalized spacial score (nSPS) is 10.8. The summed E-state index contributed by atoms with van der Waals surface area (Å²) in [5.74, 6) is 0.217. The predicted octanol–water partition coefficient (Wildman–Crippen LogP) is 7.06. The second-order valence-corrected chi connectivity index (χ2v) is 8.36. The van der Waals surface area contributed by atoms with Crippen molar-refractivity contribution in [3.8, 4) is 0 Å². The molecule has 0 aromatic heterocycles. The average Bonchev–Trinajstić information content (AvgIpc) is 2.81. The lowest BCUT2D eigenvalue weighted by molar-refractivity contribution is 0.551. The highest BCUT2D eigenvalue weighted by molar-refractivity contribution is 7.99. The number of rotatable bonds is 8. The molecular formula is C28H23OS. The van der Waals surface area contributed by atoms with Crippen LogP contribution in [0.3, 0.4) is 0 Å². The first-order valence-corrected chi connectivity index (χ1v) is 11.0. The fraction of sp³-hybridized carbons (Fsp3) is 0.107. The maximum absolute atomic E-state index is 10.5. The van der Waals surface area contributed by atoms with Gasteiger partial charge < -0.3 is 0 Å². The summed E-state index contributed by atoms with van der Waals surface area (Å²) < 4.78 is 0. The van der Waals surface area contributed by atoms with Gasteiger partial charge in [-0.1, -0.05) is 96.7 Å². The number of carbonyl (C=O) groups excluding carboxylic acids is 1. The van der Waals surface area contributed by atoms with Gasteiger partial charge in [0.25, 0.3) is 0 Å². The molecule has 4 aromatic carbocycles. The molecule has 0 N–H and O–H groups in total. The van der Waals surface area contributed by atoms with E-state index in [0.717, 1.165) is 6.42 Å². The second kappa shape index (κ2) is 10.1. The Hall–Kier alpha value is -3.10. The molecule has 0 spiro atoms. The smallest absolute Gasteiger partial charge is 0.198 e. The van der Waals surface area contributed by atoms with Crippen LogP contribution in [0.15, 0.2) is 119 Å². The van der Waals surface area contributed by atoms with Gasteiger partial charge in [-0.15, -0.1) is 0 Å². The van der Waals surface area contributed by atoms with Crippen molar-refractivity contribution in [1.82, 2.24) is 0 Å². The van der Waals surface area contributed by atoms with Crippen LogP contribution in [-0.2, 0) is 11.2 Å². The molecule has 30 heavy (non-hydrogen) atoms. The third-order valence-electron chi connectivity index (χ3n) is 5.13. The summed E-state index contributed by atoms with van der Waals surface area (Å²) in [6.45, 7) is 0. The maximum atomic E-state index is 10.5. The Morgan fingerprint density at radius 2 is 1.23 bits per heavy atom. The van der Waals surface area contributed by atoms with E-state index in [1.165, 1.54) is 32.0 Å². The lowest BCUT2D eigenvalue weighted by Crippen LogP contribution is -2.03. The van der Waals surface area contributed by atoms with Crippen molar-refractivity contribution < 1.29 is 4.79 Å². The Bertz CT molecular complexity index is 1030. The van der Waals surface area contributed by atoms with Gasteiger partial charge in [0.15, 0.2) is 6.29 Å². The summed E-state index contributed by atoms with van der Waals surface area (Å²) in [7, 11) is 0. The molecule has 1 radical (unpaired) electrons. The summed E-state index contributed by atoms with van der Waals surface area (Å²) in [6.07, 6.45) is 3.16. The number of hydrogen-bond acceptors (Lipinski definition) is 2. The number of aryl methyl sites for hydroxylation is 1. The van der Waals surface area contributed by atoms with E-state index >= 15 is 0 Å². The molecule has 0 bridgehead atoms.